The van der Waals surface area contributed by atoms with Crippen LogP contribution in [-0.2, 0) is 0 Å². The Morgan fingerprint density at radius 1 is 1.12 bits per heavy atom. The van der Waals surface area contributed by atoms with Crippen LogP contribution in [0.1, 0.15) is 6.92 Å². The number of pyridine rings is 1. The fourth-order valence-corrected chi connectivity index (χ4v) is 2.48. The number of aromatic nitrogens is 3. The largest absolute Gasteiger partial charge is 0.484 e. The van der Waals surface area contributed by atoms with Crippen molar-refractivity contribution in [3.63, 3.8) is 0 Å². The van der Waals surface area contributed by atoms with Gasteiger partial charge in [-0.3, -0.25) is 4.98 Å². The molecule has 3 heterocycles. The zero-order chi connectivity index (χ0) is 17.3. The van der Waals surface area contributed by atoms with Crippen molar-refractivity contribution in [2.24, 2.45) is 0 Å². The van der Waals surface area contributed by atoms with E-state index in [1.807, 2.05) is 13.0 Å². The van der Waals surface area contributed by atoms with Crippen LogP contribution >= 0.6 is 0 Å². The summed E-state index contributed by atoms with van der Waals surface area (Å²) >= 11 is 0. The van der Waals surface area contributed by atoms with E-state index in [1.54, 1.807) is 24.7 Å². The fraction of sp³-hybridized carbons (Fsp3) is 0.471. The standard InChI is InChI=1S/C17H23N5O3/c1-2-23-17-14(4-3-5-20-17)24-10-11-25-16-13-19-12-15(21-16)22-8-6-18-7-9-22/h3-5,12-13,18H,2,6-11H2,1H3. The molecule has 1 saturated heterocycles. The fourth-order valence-electron chi connectivity index (χ4n) is 2.48. The topological polar surface area (TPSA) is 81.6 Å². The first-order valence-electron chi connectivity index (χ1n) is 8.48. The van der Waals surface area contributed by atoms with Gasteiger partial charge < -0.3 is 24.4 Å². The summed E-state index contributed by atoms with van der Waals surface area (Å²) in [6.45, 7) is 6.92. The first kappa shape index (κ1) is 17.2. The normalized spacial score (nSPS) is 14.2. The molecule has 0 aromatic carbocycles. The highest BCUT2D eigenvalue weighted by Crippen LogP contribution is 2.23. The number of hydrogen-bond donors (Lipinski definition) is 1. The zero-order valence-corrected chi connectivity index (χ0v) is 14.4. The van der Waals surface area contributed by atoms with Gasteiger partial charge >= 0.3 is 0 Å². The third-order valence-electron chi connectivity index (χ3n) is 3.65. The van der Waals surface area contributed by atoms with Gasteiger partial charge in [0, 0.05) is 32.4 Å². The van der Waals surface area contributed by atoms with Crippen molar-refractivity contribution in [1.29, 1.82) is 0 Å². The lowest BCUT2D eigenvalue weighted by molar-refractivity contribution is 0.201. The molecule has 3 rings (SSSR count). The van der Waals surface area contributed by atoms with E-state index >= 15 is 0 Å². The minimum Gasteiger partial charge on any atom is -0.484 e. The Hall–Kier alpha value is -2.61. The molecule has 0 bridgehead atoms. The Labute approximate surface area is 147 Å². The maximum atomic E-state index is 5.68. The number of nitrogens with zero attached hydrogens (tertiary/aromatic N) is 4. The van der Waals surface area contributed by atoms with Crippen molar-refractivity contribution >= 4 is 5.82 Å². The molecule has 134 valence electrons. The van der Waals surface area contributed by atoms with Crippen molar-refractivity contribution in [2.45, 2.75) is 6.92 Å². The number of nitrogens with one attached hydrogen (secondary N) is 1. The third-order valence-corrected chi connectivity index (χ3v) is 3.65. The molecule has 1 fully saturated rings. The molecule has 1 aliphatic rings. The molecule has 2 aromatic rings. The number of hydrogen-bond acceptors (Lipinski definition) is 8. The molecule has 25 heavy (non-hydrogen) atoms. The lowest BCUT2D eigenvalue weighted by atomic mass is 10.3. The first-order valence-corrected chi connectivity index (χ1v) is 8.48. The van der Waals surface area contributed by atoms with E-state index in [0.717, 1.165) is 32.0 Å². The molecule has 0 unspecified atom stereocenters. The van der Waals surface area contributed by atoms with E-state index < -0.39 is 0 Å². The van der Waals surface area contributed by atoms with Crippen LogP contribution in [0.25, 0.3) is 0 Å². The quantitative estimate of drug-likeness (QED) is 0.713. The minimum atomic E-state index is 0.361. The van der Waals surface area contributed by atoms with E-state index in [2.05, 4.69) is 25.2 Å². The molecule has 0 aliphatic carbocycles. The van der Waals surface area contributed by atoms with Crippen LogP contribution in [0.2, 0.25) is 0 Å². The molecule has 8 nitrogen and oxygen atoms in total. The number of anilines is 1. The second-order valence-corrected chi connectivity index (χ2v) is 5.39. The molecule has 8 heteroatoms. The molecule has 0 saturated carbocycles. The molecule has 1 N–H and O–H groups in total. The van der Waals surface area contributed by atoms with Crippen LogP contribution < -0.4 is 24.4 Å². The monoisotopic (exact) mass is 345 g/mol. The molecule has 0 amide bonds. The highest BCUT2D eigenvalue weighted by Gasteiger charge is 2.12. The highest BCUT2D eigenvalue weighted by atomic mass is 16.5. The van der Waals surface area contributed by atoms with E-state index in [-0.39, 0.29) is 0 Å². The van der Waals surface area contributed by atoms with Gasteiger partial charge in [0.05, 0.1) is 19.0 Å². The van der Waals surface area contributed by atoms with Gasteiger partial charge in [0.1, 0.15) is 13.2 Å². The average molecular weight is 345 g/mol. The van der Waals surface area contributed by atoms with Gasteiger partial charge in [0.2, 0.25) is 5.88 Å². The van der Waals surface area contributed by atoms with Gasteiger partial charge in [0.25, 0.3) is 5.88 Å². The van der Waals surface area contributed by atoms with Gasteiger partial charge in [-0.25, -0.2) is 4.98 Å². The maximum absolute atomic E-state index is 5.68. The second-order valence-electron chi connectivity index (χ2n) is 5.39. The number of piperazine rings is 1. The molecule has 1 aliphatic heterocycles. The Morgan fingerprint density at radius 3 is 2.80 bits per heavy atom. The van der Waals surface area contributed by atoms with Crippen molar-refractivity contribution in [1.82, 2.24) is 20.3 Å². The summed E-state index contributed by atoms with van der Waals surface area (Å²) in [4.78, 5) is 15.1. The van der Waals surface area contributed by atoms with Crippen molar-refractivity contribution in [3.8, 4) is 17.5 Å². The van der Waals surface area contributed by atoms with Crippen molar-refractivity contribution < 1.29 is 14.2 Å². The van der Waals surface area contributed by atoms with Gasteiger partial charge in [-0.05, 0) is 19.1 Å². The second kappa shape index (κ2) is 9.03. The average Bonchev–Trinajstić information content (AvgIpc) is 2.68. The molecule has 0 radical (unpaired) electrons. The van der Waals surface area contributed by atoms with E-state index in [4.69, 9.17) is 14.2 Å². The van der Waals surface area contributed by atoms with Gasteiger partial charge in [-0.2, -0.15) is 4.98 Å². The summed E-state index contributed by atoms with van der Waals surface area (Å²) in [5, 5.41) is 3.32. The molecule has 0 spiro atoms. The van der Waals surface area contributed by atoms with Crippen molar-refractivity contribution in [3.05, 3.63) is 30.7 Å². The summed E-state index contributed by atoms with van der Waals surface area (Å²) in [6.07, 6.45) is 5.05. The lowest BCUT2D eigenvalue weighted by Crippen LogP contribution is -2.43. The van der Waals surface area contributed by atoms with Gasteiger partial charge in [0.15, 0.2) is 11.6 Å². The smallest absolute Gasteiger partial charge is 0.256 e. The molecular weight excluding hydrogens is 322 g/mol. The third kappa shape index (κ3) is 4.93. The number of ether oxygens (including phenoxy) is 3. The van der Waals surface area contributed by atoms with Crippen LogP contribution in [0.5, 0.6) is 17.5 Å². The summed E-state index contributed by atoms with van der Waals surface area (Å²) in [7, 11) is 0. The van der Waals surface area contributed by atoms with E-state index in [9.17, 15) is 0 Å². The van der Waals surface area contributed by atoms with Gasteiger partial charge in [-0.1, -0.05) is 0 Å². The predicted molar refractivity (Wildman–Crippen MR) is 93.5 cm³/mol. The Kier molecular flexibility index (Phi) is 6.22. The zero-order valence-electron chi connectivity index (χ0n) is 14.4. The Balaban J connectivity index is 1.49. The van der Waals surface area contributed by atoms with Gasteiger partial charge in [-0.15, -0.1) is 0 Å². The Bertz CT molecular complexity index is 664. The van der Waals surface area contributed by atoms with Crippen LogP contribution in [0.4, 0.5) is 5.82 Å². The van der Waals surface area contributed by atoms with Crippen LogP contribution in [0.15, 0.2) is 30.7 Å². The highest BCUT2D eigenvalue weighted by molar-refractivity contribution is 5.38. The van der Waals surface area contributed by atoms with Crippen LogP contribution in [-0.4, -0.2) is 61.0 Å². The van der Waals surface area contributed by atoms with E-state index in [0.29, 0.717) is 37.3 Å². The lowest BCUT2D eigenvalue weighted by Gasteiger charge is -2.28. The number of rotatable bonds is 8. The first-order chi connectivity index (χ1) is 12.4. The minimum absolute atomic E-state index is 0.361. The van der Waals surface area contributed by atoms with E-state index in [1.165, 1.54) is 0 Å². The summed E-state index contributed by atoms with van der Waals surface area (Å²) < 4.78 is 16.8. The summed E-state index contributed by atoms with van der Waals surface area (Å²) in [5.74, 6) is 2.43. The predicted octanol–water partition coefficient (Wildman–Crippen LogP) is 1.14. The molecule has 0 atom stereocenters. The molecular formula is C17H23N5O3. The van der Waals surface area contributed by atoms with Crippen molar-refractivity contribution in [2.75, 3.05) is 50.9 Å². The summed E-state index contributed by atoms with van der Waals surface area (Å²) in [5.41, 5.74) is 0. The van der Waals surface area contributed by atoms with Crippen LogP contribution in [0, 0.1) is 0 Å². The SMILES string of the molecule is CCOc1ncccc1OCCOc1cncc(N2CCNCC2)n1. The van der Waals surface area contributed by atoms with Crippen LogP contribution in [0.3, 0.4) is 0 Å². The molecule has 2 aromatic heterocycles. The summed E-state index contributed by atoms with van der Waals surface area (Å²) in [6, 6.07) is 3.63. The maximum Gasteiger partial charge on any atom is 0.256 e. The Morgan fingerprint density at radius 2 is 1.96 bits per heavy atom.